The van der Waals surface area contributed by atoms with Crippen molar-refractivity contribution in [3.05, 3.63) is 34.1 Å². The van der Waals surface area contributed by atoms with Gasteiger partial charge in [-0.15, -0.1) is 0 Å². The van der Waals surface area contributed by atoms with Crippen LogP contribution < -0.4 is 5.69 Å². The molecule has 2 aromatic rings. The van der Waals surface area contributed by atoms with Gasteiger partial charge in [0, 0.05) is 17.8 Å². The molecular formula is C7H6FN3O. The maximum absolute atomic E-state index is 12.9. The Balaban J connectivity index is 2.97. The van der Waals surface area contributed by atoms with Crippen molar-refractivity contribution in [3.63, 3.8) is 0 Å². The molecule has 0 saturated heterocycles. The molecule has 2 aromatic heterocycles. The van der Waals surface area contributed by atoms with E-state index in [0.717, 1.165) is 0 Å². The predicted octanol–water partition coefficient (Wildman–Crippen LogP) is 0.470. The zero-order valence-electron chi connectivity index (χ0n) is 6.34. The summed E-state index contributed by atoms with van der Waals surface area (Å²) in [5.41, 5.74) is 0.363. The van der Waals surface area contributed by atoms with Crippen LogP contribution in [-0.4, -0.2) is 14.6 Å². The van der Waals surface area contributed by atoms with Crippen molar-refractivity contribution in [2.75, 3.05) is 0 Å². The van der Waals surface area contributed by atoms with Gasteiger partial charge in [0.2, 0.25) is 0 Å². The van der Waals surface area contributed by atoms with Crippen LogP contribution in [0.4, 0.5) is 4.39 Å². The van der Waals surface area contributed by atoms with E-state index < -0.39 is 0 Å². The van der Waals surface area contributed by atoms with Crippen LogP contribution in [0.15, 0.2) is 17.1 Å². The van der Waals surface area contributed by atoms with Crippen LogP contribution in [0.1, 0.15) is 5.56 Å². The van der Waals surface area contributed by atoms with Crippen molar-refractivity contribution >= 4 is 5.65 Å². The van der Waals surface area contributed by atoms with Gasteiger partial charge in [0.15, 0.2) is 5.65 Å². The molecule has 0 radical (unpaired) electrons. The van der Waals surface area contributed by atoms with Crippen LogP contribution >= 0.6 is 0 Å². The van der Waals surface area contributed by atoms with Gasteiger partial charge < -0.3 is 0 Å². The van der Waals surface area contributed by atoms with Gasteiger partial charge in [-0.1, -0.05) is 0 Å². The van der Waals surface area contributed by atoms with E-state index in [2.05, 4.69) is 10.2 Å². The Bertz CT molecular complexity index is 485. The first kappa shape index (κ1) is 7.02. The van der Waals surface area contributed by atoms with E-state index in [-0.39, 0.29) is 11.5 Å². The van der Waals surface area contributed by atoms with Crippen molar-refractivity contribution in [1.29, 1.82) is 0 Å². The first-order valence-electron chi connectivity index (χ1n) is 3.41. The average Bonchev–Trinajstić information content (AvgIpc) is 2.35. The smallest absolute Gasteiger partial charge is 0.250 e. The van der Waals surface area contributed by atoms with Crippen molar-refractivity contribution in [2.24, 2.45) is 0 Å². The summed E-state index contributed by atoms with van der Waals surface area (Å²) in [6.07, 6.45) is 1.41. The summed E-state index contributed by atoms with van der Waals surface area (Å²) >= 11 is 0. The molecule has 2 heterocycles. The Morgan fingerprint density at radius 3 is 3.17 bits per heavy atom. The minimum atomic E-state index is -0.360. The number of aromatic nitrogens is 3. The molecule has 0 bridgehead atoms. The van der Waals surface area contributed by atoms with Crippen molar-refractivity contribution in [3.8, 4) is 0 Å². The maximum atomic E-state index is 12.9. The molecule has 0 fully saturated rings. The van der Waals surface area contributed by atoms with Crippen molar-refractivity contribution in [2.45, 2.75) is 6.92 Å². The SMILES string of the molecule is Cc1cn2c(=O)[nH]nc2cc1F. The number of aryl methyl sites for hydroxylation is 1. The van der Waals surface area contributed by atoms with Crippen LogP contribution in [0.2, 0.25) is 0 Å². The summed E-state index contributed by atoms with van der Waals surface area (Å²) in [4.78, 5) is 11.0. The molecule has 0 saturated carbocycles. The second-order valence-corrected chi connectivity index (χ2v) is 2.56. The molecule has 0 aromatic carbocycles. The molecule has 0 atom stereocenters. The predicted molar refractivity (Wildman–Crippen MR) is 40.5 cm³/mol. The molecule has 5 heteroatoms. The number of nitrogens with zero attached hydrogens (tertiary/aromatic N) is 2. The lowest BCUT2D eigenvalue weighted by atomic mass is 10.3. The van der Waals surface area contributed by atoms with E-state index >= 15 is 0 Å². The molecule has 0 aliphatic carbocycles. The molecule has 0 amide bonds. The second-order valence-electron chi connectivity index (χ2n) is 2.56. The standard InChI is InChI=1S/C7H6FN3O/c1-4-3-11-6(2-5(4)8)9-10-7(11)12/h2-3H,1H3,(H,10,12). The van der Waals surface area contributed by atoms with Gasteiger partial charge in [-0.05, 0) is 6.92 Å². The third kappa shape index (κ3) is 0.827. The van der Waals surface area contributed by atoms with Gasteiger partial charge in [0.25, 0.3) is 0 Å². The lowest BCUT2D eigenvalue weighted by molar-refractivity contribution is 0.616. The largest absolute Gasteiger partial charge is 0.347 e. The second kappa shape index (κ2) is 2.17. The van der Waals surface area contributed by atoms with E-state index in [1.165, 1.54) is 16.7 Å². The fourth-order valence-corrected chi connectivity index (χ4v) is 1.03. The summed E-state index contributed by atoms with van der Waals surface area (Å²) in [5.74, 6) is -0.360. The minimum absolute atomic E-state index is 0.295. The van der Waals surface area contributed by atoms with E-state index in [0.29, 0.717) is 11.2 Å². The lowest BCUT2D eigenvalue weighted by Crippen LogP contribution is -2.09. The fourth-order valence-electron chi connectivity index (χ4n) is 1.03. The molecule has 62 valence electrons. The van der Waals surface area contributed by atoms with Crippen LogP contribution in [0, 0.1) is 12.7 Å². The highest BCUT2D eigenvalue weighted by atomic mass is 19.1. The van der Waals surface area contributed by atoms with E-state index in [1.807, 2.05) is 0 Å². The Morgan fingerprint density at radius 1 is 1.67 bits per heavy atom. The number of aromatic amines is 1. The van der Waals surface area contributed by atoms with Crippen LogP contribution in [0.5, 0.6) is 0 Å². The number of hydrogen-bond acceptors (Lipinski definition) is 2. The molecule has 0 aliphatic rings. The summed E-state index contributed by atoms with van der Waals surface area (Å²) in [7, 11) is 0. The van der Waals surface area contributed by atoms with Crippen molar-refractivity contribution in [1.82, 2.24) is 14.6 Å². The van der Waals surface area contributed by atoms with E-state index in [4.69, 9.17) is 0 Å². The lowest BCUT2D eigenvalue weighted by Gasteiger charge is -1.94. The molecule has 4 nitrogen and oxygen atoms in total. The zero-order chi connectivity index (χ0) is 8.72. The highest BCUT2D eigenvalue weighted by molar-refractivity contribution is 5.38. The number of rotatable bonds is 0. The zero-order valence-corrected chi connectivity index (χ0v) is 6.34. The third-order valence-electron chi connectivity index (χ3n) is 1.69. The van der Waals surface area contributed by atoms with Gasteiger partial charge in [-0.2, -0.15) is 5.10 Å². The summed E-state index contributed by atoms with van der Waals surface area (Å²) < 4.78 is 14.2. The molecule has 0 spiro atoms. The molecule has 0 unspecified atom stereocenters. The fraction of sp³-hybridized carbons (Fsp3) is 0.143. The van der Waals surface area contributed by atoms with Gasteiger partial charge in [-0.3, -0.25) is 4.40 Å². The molecule has 12 heavy (non-hydrogen) atoms. The van der Waals surface area contributed by atoms with Gasteiger partial charge >= 0.3 is 5.69 Å². The number of hydrogen-bond donors (Lipinski definition) is 1. The monoisotopic (exact) mass is 167 g/mol. The third-order valence-corrected chi connectivity index (χ3v) is 1.69. The van der Waals surface area contributed by atoms with Crippen LogP contribution in [0.3, 0.4) is 0 Å². The van der Waals surface area contributed by atoms with Gasteiger partial charge in [-0.25, -0.2) is 14.3 Å². The van der Waals surface area contributed by atoms with Crippen molar-refractivity contribution < 1.29 is 4.39 Å². The highest BCUT2D eigenvalue weighted by Crippen LogP contribution is 2.05. The van der Waals surface area contributed by atoms with Gasteiger partial charge in [0.1, 0.15) is 5.82 Å². The van der Waals surface area contributed by atoms with Crippen LogP contribution in [0.25, 0.3) is 5.65 Å². The van der Waals surface area contributed by atoms with E-state index in [9.17, 15) is 9.18 Å². The van der Waals surface area contributed by atoms with Gasteiger partial charge in [0.05, 0.1) is 0 Å². The average molecular weight is 167 g/mol. The minimum Gasteiger partial charge on any atom is -0.250 e. The number of nitrogens with one attached hydrogen (secondary N) is 1. The summed E-state index contributed by atoms with van der Waals surface area (Å²) in [6, 6.07) is 1.22. The Morgan fingerprint density at radius 2 is 2.42 bits per heavy atom. The topological polar surface area (TPSA) is 50.2 Å². The number of fused-ring (bicyclic) bond motifs is 1. The Kier molecular flexibility index (Phi) is 1.27. The quantitative estimate of drug-likeness (QED) is 0.620. The summed E-state index contributed by atoms with van der Waals surface area (Å²) in [5, 5.41) is 5.83. The molecule has 1 N–H and O–H groups in total. The number of halogens is 1. The first-order chi connectivity index (χ1) is 5.68. The highest BCUT2D eigenvalue weighted by Gasteiger charge is 2.03. The summed E-state index contributed by atoms with van der Waals surface area (Å²) in [6.45, 7) is 1.59. The number of H-pyrrole nitrogens is 1. The molecule has 2 rings (SSSR count). The molecular weight excluding hydrogens is 161 g/mol. The molecule has 0 aliphatic heterocycles. The normalized spacial score (nSPS) is 10.8. The first-order valence-corrected chi connectivity index (χ1v) is 3.41. The number of pyridine rings is 1. The Labute approximate surface area is 66.6 Å². The van der Waals surface area contributed by atoms with E-state index in [1.54, 1.807) is 6.92 Å². The van der Waals surface area contributed by atoms with Crippen LogP contribution in [-0.2, 0) is 0 Å². The Hall–Kier alpha value is -1.65. The maximum Gasteiger partial charge on any atom is 0.347 e.